The molecule has 5 heteroatoms. The number of hydrogen-bond acceptors (Lipinski definition) is 4. The zero-order valence-corrected chi connectivity index (χ0v) is 20.6. The number of rotatable bonds is 4. The van der Waals surface area contributed by atoms with Crippen LogP contribution < -0.4 is 25.4 Å². The minimum atomic E-state index is -1.06. The number of para-hydroxylation sites is 1. The standard InChI is InChI=1S/C29H27O4P/c1-17-10-18(2)13-21(12-17)34(22-14-19(3)11-20(4)15-22)26-9-8-24(30)28(31)27(26)23-6-5-7-25-29(23)33-16-32-25/h5-15,30-31H,16H2,1-4H3. The van der Waals surface area contributed by atoms with Crippen LogP contribution in [0.2, 0.25) is 0 Å². The molecule has 4 nitrogen and oxygen atoms in total. The van der Waals surface area contributed by atoms with Crippen LogP contribution in [0, 0.1) is 27.7 Å². The van der Waals surface area contributed by atoms with Crippen LogP contribution in [-0.4, -0.2) is 17.0 Å². The van der Waals surface area contributed by atoms with Gasteiger partial charge in [-0.1, -0.05) is 70.8 Å². The molecule has 0 saturated carbocycles. The third-order valence-electron chi connectivity index (χ3n) is 5.97. The summed E-state index contributed by atoms with van der Waals surface area (Å²) >= 11 is 0. The summed E-state index contributed by atoms with van der Waals surface area (Å²) in [7, 11) is -1.06. The summed E-state index contributed by atoms with van der Waals surface area (Å²) in [6.45, 7) is 8.56. The molecule has 0 spiro atoms. The zero-order chi connectivity index (χ0) is 24.0. The lowest BCUT2D eigenvalue weighted by Crippen LogP contribution is -2.23. The Hall–Kier alpha value is -3.49. The predicted octanol–water partition coefficient (Wildman–Crippen LogP) is 5.49. The summed E-state index contributed by atoms with van der Waals surface area (Å²) in [5, 5.41) is 25.0. The molecule has 1 heterocycles. The van der Waals surface area contributed by atoms with E-state index in [1.165, 1.54) is 32.9 Å². The maximum atomic E-state index is 11.2. The van der Waals surface area contributed by atoms with Gasteiger partial charge in [0.15, 0.2) is 23.0 Å². The molecular formula is C29H27O4P. The number of ether oxygens (including phenoxy) is 2. The lowest BCUT2D eigenvalue weighted by molar-refractivity contribution is 0.174. The van der Waals surface area contributed by atoms with Crippen LogP contribution in [0.15, 0.2) is 66.7 Å². The van der Waals surface area contributed by atoms with Gasteiger partial charge in [-0.3, -0.25) is 0 Å². The van der Waals surface area contributed by atoms with Crippen LogP contribution in [0.25, 0.3) is 11.1 Å². The van der Waals surface area contributed by atoms with E-state index in [1.807, 2.05) is 24.3 Å². The summed E-state index contributed by atoms with van der Waals surface area (Å²) in [6, 6.07) is 22.4. The first-order valence-electron chi connectivity index (χ1n) is 11.2. The Labute approximate surface area is 201 Å². The normalized spacial score (nSPS) is 12.4. The summed E-state index contributed by atoms with van der Waals surface area (Å²) in [5.41, 5.74) is 6.04. The number of benzene rings is 4. The van der Waals surface area contributed by atoms with Gasteiger partial charge in [-0.05, 0) is 69.7 Å². The van der Waals surface area contributed by atoms with Crippen molar-refractivity contribution in [3.8, 4) is 34.1 Å². The highest BCUT2D eigenvalue weighted by molar-refractivity contribution is 7.80. The molecule has 0 radical (unpaired) electrons. The lowest BCUT2D eigenvalue weighted by Gasteiger charge is -2.25. The summed E-state index contributed by atoms with van der Waals surface area (Å²) < 4.78 is 11.4. The van der Waals surface area contributed by atoms with Gasteiger partial charge in [0.25, 0.3) is 0 Å². The highest BCUT2D eigenvalue weighted by Crippen LogP contribution is 2.49. The molecule has 34 heavy (non-hydrogen) atoms. The van der Waals surface area contributed by atoms with Crippen LogP contribution in [0.5, 0.6) is 23.0 Å². The van der Waals surface area contributed by atoms with Gasteiger partial charge in [-0.25, -0.2) is 0 Å². The molecule has 0 bridgehead atoms. The second kappa shape index (κ2) is 8.70. The van der Waals surface area contributed by atoms with E-state index in [-0.39, 0.29) is 18.3 Å². The zero-order valence-electron chi connectivity index (χ0n) is 19.7. The van der Waals surface area contributed by atoms with E-state index in [4.69, 9.17) is 9.47 Å². The molecule has 5 rings (SSSR count). The van der Waals surface area contributed by atoms with Crippen molar-refractivity contribution in [1.82, 2.24) is 0 Å². The van der Waals surface area contributed by atoms with Gasteiger partial charge in [-0.15, -0.1) is 0 Å². The predicted molar refractivity (Wildman–Crippen MR) is 139 cm³/mol. The topological polar surface area (TPSA) is 58.9 Å². The van der Waals surface area contributed by atoms with Gasteiger partial charge in [0.1, 0.15) is 0 Å². The smallest absolute Gasteiger partial charge is 0.231 e. The van der Waals surface area contributed by atoms with Crippen molar-refractivity contribution in [1.29, 1.82) is 0 Å². The van der Waals surface area contributed by atoms with Gasteiger partial charge in [0.2, 0.25) is 6.79 Å². The fourth-order valence-electron chi connectivity index (χ4n) is 4.74. The minimum Gasteiger partial charge on any atom is -0.504 e. The first-order valence-corrected chi connectivity index (χ1v) is 12.6. The molecule has 0 aliphatic carbocycles. The molecule has 0 amide bonds. The molecule has 2 N–H and O–H groups in total. The highest BCUT2D eigenvalue weighted by Gasteiger charge is 2.28. The highest BCUT2D eigenvalue weighted by atomic mass is 31.1. The maximum Gasteiger partial charge on any atom is 0.231 e. The van der Waals surface area contributed by atoms with Gasteiger partial charge in [0, 0.05) is 11.1 Å². The third kappa shape index (κ3) is 3.99. The summed E-state index contributed by atoms with van der Waals surface area (Å²) in [4.78, 5) is 0. The molecule has 1 aliphatic heterocycles. The minimum absolute atomic E-state index is 0.129. The van der Waals surface area contributed by atoms with Crippen molar-refractivity contribution in [3.05, 3.63) is 89.0 Å². The monoisotopic (exact) mass is 470 g/mol. The number of aryl methyl sites for hydroxylation is 4. The van der Waals surface area contributed by atoms with E-state index >= 15 is 0 Å². The van der Waals surface area contributed by atoms with E-state index in [9.17, 15) is 10.2 Å². The number of phenolic OH excluding ortho intramolecular Hbond substituents is 2. The fraction of sp³-hybridized carbons (Fsp3) is 0.172. The number of phenols is 2. The van der Waals surface area contributed by atoms with E-state index in [0.29, 0.717) is 22.6 Å². The van der Waals surface area contributed by atoms with Crippen molar-refractivity contribution in [2.24, 2.45) is 0 Å². The first kappa shape index (κ1) is 22.3. The maximum absolute atomic E-state index is 11.2. The van der Waals surface area contributed by atoms with E-state index in [1.54, 1.807) is 6.07 Å². The molecular weight excluding hydrogens is 443 g/mol. The molecule has 0 fully saturated rings. The van der Waals surface area contributed by atoms with Crippen molar-refractivity contribution >= 4 is 23.8 Å². The van der Waals surface area contributed by atoms with Crippen LogP contribution >= 0.6 is 7.92 Å². The Kier molecular flexibility index (Phi) is 5.71. The van der Waals surface area contributed by atoms with Gasteiger partial charge < -0.3 is 19.7 Å². The summed E-state index contributed by atoms with van der Waals surface area (Å²) in [5.74, 6) is 0.905. The third-order valence-corrected chi connectivity index (χ3v) is 8.37. The largest absolute Gasteiger partial charge is 0.504 e. The lowest BCUT2D eigenvalue weighted by atomic mass is 10.0. The molecule has 4 aromatic carbocycles. The second-order valence-electron chi connectivity index (χ2n) is 8.89. The van der Waals surface area contributed by atoms with Gasteiger partial charge in [0.05, 0.1) is 0 Å². The molecule has 0 atom stereocenters. The van der Waals surface area contributed by atoms with Crippen LogP contribution in [-0.2, 0) is 0 Å². The average molecular weight is 471 g/mol. The van der Waals surface area contributed by atoms with Crippen molar-refractivity contribution in [2.45, 2.75) is 27.7 Å². The quantitative estimate of drug-likeness (QED) is 0.306. The van der Waals surface area contributed by atoms with Gasteiger partial charge >= 0.3 is 0 Å². The van der Waals surface area contributed by atoms with Crippen LogP contribution in [0.4, 0.5) is 0 Å². The Balaban J connectivity index is 1.85. The Morgan fingerprint density at radius 1 is 0.706 bits per heavy atom. The fourth-order valence-corrected chi connectivity index (χ4v) is 7.59. The second-order valence-corrected chi connectivity index (χ2v) is 11.1. The Morgan fingerprint density at radius 2 is 1.29 bits per heavy atom. The first-order chi connectivity index (χ1) is 16.3. The van der Waals surface area contributed by atoms with Gasteiger partial charge in [-0.2, -0.15) is 0 Å². The Morgan fingerprint density at radius 3 is 1.88 bits per heavy atom. The Bertz CT molecular complexity index is 1320. The van der Waals surface area contributed by atoms with Crippen molar-refractivity contribution < 1.29 is 19.7 Å². The molecule has 1 aliphatic rings. The molecule has 4 aromatic rings. The van der Waals surface area contributed by atoms with E-state index < -0.39 is 7.92 Å². The SMILES string of the molecule is Cc1cc(C)cc(P(c2cc(C)cc(C)c2)c2ccc(O)c(O)c2-c2cccc3c2OCO3)c1. The molecule has 172 valence electrons. The number of aromatic hydroxyl groups is 2. The van der Waals surface area contributed by atoms with E-state index in [0.717, 1.165) is 5.30 Å². The number of hydrogen-bond donors (Lipinski definition) is 2. The molecule has 0 aromatic heterocycles. The van der Waals surface area contributed by atoms with Crippen LogP contribution in [0.1, 0.15) is 22.3 Å². The summed E-state index contributed by atoms with van der Waals surface area (Å²) in [6.07, 6.45) is 0. The molecule has 0 saturated heterocycles. The van der Waals surface area contributed by atoms with Crippen molar-refractivity contribution in [3.63, 3.8) is 0 Å². The van der Waals surface area contributed by atoms with Crippen LogP contribution in [0.3, 0.4) is 0 Å². The van der Waals surface area contributed by atoms with Crippen molar-refractivity contribution in [2.75, 3.05) is 6.79 Å². The molecule has 0 unspecified atom stereocenters. The average Bonchev–Trinajstić information content (AvgIpc) is 3.25. The number of fused-ring (bicyclic) bond motifs is 1. The van der Waals surface area contributed by atoms with E-state index in [2.05, 4.69) is 64.1 Å².